The van der Waals surface area contributed by atoms with Gasteiger partial charge in [-0.3, -0.25) is 4.90 Å². The van der Waals surface area contributed by atoms with Crippen molar-refractivity contribution in [3.05, 3.63) is 95.6 Å². The van der Waals surface area contributed by atoms with E-state index >= 15 is 0 Å². The topological polar surface area (TPSA) is 44.7 Å². The summed E-state index contributed by atoms with van der Waals surface area (Å²) in [5.74, 6) is 1.73. The summed E-state index contributed by atoms with van der Waals surface area (Å²) in [5, 5.41) is 14.1. The zero-order valence-electron chi connectivity index (χ0n) is 19.5. The molecule has 3 aliphatic heterocycles. The minimum Gasteiger partial charge on any atom is -0.504 e. The van der Waals surface area contributed by atoms with E-state index in [2.05, 4.69) is 70.9 Å². The molecule has 0 radical (unpaired) electrons. The van der Waals surface area contributed by atoms with E-state index in [1.54, 1.807) is 13.2 Å². The van der Waals surface area contributed by atoms with Gasteiger partial charge in [-0.1, -0.05) is 72.8 Å². The molecule has 3 saturated heterocycles. The number of phenolic OH excluding ortho intramolecular Hbond substituents is 1. The van der Waals surface area contributed by atoms with Crippen LogP contribution in [-0.2, 0) is 6.54 Å². The Morgan fingerprint density at radius 2 is 1.47 bits per heavy atom. The number of rotatable bonds is 7. The molecule has 0 amide bonds. The Balaban J connectivity index is 0.00000162. The lowest BCUT2D eigenvalue weighted by Crippen LogP contribution is -2.64. The van der Waals surface area contributed by atoms with E-state index in [0.29, 0.717) is 36.2 Å². The van der Waals surface area contributed by atoms with Crippen LogP contribution in [0.3, 0.4) is 0 Å². The predicted octanol–water partition coefficient (Wildman–Crippen LogP) is 5.63. The normalized spacial score (nSPS) is 23.1. The Hall–Kier alpha value is -2.24. The van der Waals surface area contributed by atoms with Gasteiger partial charge in [0.2, 0.25) is 0 Å². The van der Waals surface area contributed by atoms with E-state index in [4.69, 9.17) is 4.74 Å². The standard InChI is InChI=1S/C28H32N2O2.2ClH/c1-32-28-23(13-8-14-24(28)31)19-29-26-22-15-17-30(18-16-22)27(26)25(20-9-4-2-5-10-20)21-11-6-3-7-12-21;;/h2-14,22,25-27,29,31H,15-19H2,1H3;2*1H. The zero-order chi connectivity index (χ0) is 21.9. The number of piperidine rings is 3. The van der Waals surface area contributed by atoms with Crippen LogP contribution in [0, 0.1) is 5.92 Å². The summed E-state index contributed by atoms with van der Waals surface area (Å²) in [6.07, 6.45) is 2.48. The second-order valence-electron chi connectivity index (χ2n) is 9.04. The van der Waals surface area contributed by atoms with E-state index in [1.165, 1.54) is 37.1 Å². The average molecular weight is 501 g/mol. The van der Waals surface area contributed by atoms with E-state index < -0.39 is 0 Å². The van der Waals surface area contributed by atoms with Crippen molar-refractivity contribution in [2.24, 2.45) is 5.92 Å². The molecule has 3 heterocycles. The fourth-order valence-electron chi connectivity index (χ4n) is 5.87. The Labute approximate surface area is 215 Å². The largest absolute Gasteiger partial charge is 0.504 e. The third-order valence-corrected chi connectivity index (χ3v) is 7.34. The predicted molar refractivity (Wildman–Crippen MR) is 143 cm³/mol. The number of nitrogens with zero attached hydrogens (tertiary/aromatic N) is 1. The maximum atomic E-state index is 10.2. The van der Waals surface area contributed by atoms with Crippen molar-refractivity contribution >= 4 is 24.8 Å². The first-order valence-corrected chi connectivity index (χ1v) is 11.7. The Morgan fingerprint density at radius 3 is 2.03 bits per heavy atom. The molecule has 0 saturated carbocycles. The van der Waals surface area contributed by atoms with Crippen molar-refractivity contribution in [1.29, 1.82) is 0 Å². The molecule has 182 valence electrons. The molecule has 4 nitrogen and oxygen atoms in total. The quantitative estimate of drug-likeness (QED) is 0.441. The fourth-order valence-corrected chi connectivity index (χ4v) is 5.87. The molecular formula is C28H34Cl2N2O2. The number of hydrogen-bond donors (Lipinski definition) is 2. The van der Waals surface area contributed by atoms with Gasteiger partial charge in [0.1, 0.15) is 0 Å². The van der Waals surface area contributed by atoms with Crippen molar-refractivity contribution in [2.45, 2.75) is 37.4 Å². The summed E-state index contributed by atoms with van der Waals surface area (Å²) in [5.41, 5.74) is 3.75. The third kappa shape index (κ3) is 5.21. The maximum absolute atomic E-state index is 10.2. The number of benzene rings is 3. The van der Waals surface area contributed by atoms with Gasteiger partial charge in [-0.2, -0.15) is 0 Å². The lowest BCUT2D eigenvalue weighted by molar-refractivity contribution is 0.00461. The highest BCUT2D eigenvalue weighted by molar-refractivity contribution is 5.85. The highest BCUT2D eigenvalue weighted by Gasteiger charge is 2.46. The zero-order valence-corrected chi connectivity index (χ0v) is 21.1. The van der Waals surface area contributed by atoms with Crippen LogP contribution in [0.1, 0.15) is 35.4 Å². The van der Waals surface area contributed by atoms with Crippen LogP contribution in [0.4, 0.5) is 0 Å². The van der Waals surface area contributed by atoms with Gasteiger partial charge in [0.15, 0.2) is 11.5 Å². The minimum absolute atomic E-state index is 0. The van der Waals surface area contributed by atoms with Crippen LogP contribution in [0.5, 0.6) is 11.5 Å². The highest BCUT2D eigenvalue weighted by atomic mass is 35.5. The van der Waals surface area contributed by atoms with Crippen molar-refractivity contribution in [2.75, 3.05) is 20.2 Å². The summed E-state index contributed by atoms with van der Waals surface area (Å²) in [6, 6.07) is 28.3. The molecule has 6 rings (SSSR count). The summed E-state index contributed by atoms with van der Waals surface area (Å²) in [6.45, 7) is 3.01. The number of halogens is 2. The second kappa shape index (κ2) is 11.9. The summed E-state index contributed by atoms with van der Waals surface area (Å²) >= 11 is 0. The van der Waals surface area contributed by atoms with Gasteiger partial charge in [-0.25, -0.2) is 0 Å². The first-order valence-electron chi connectivity index (χ1n) is 11.7. The van der Waals surface area contributed by atoms with Crippen LogP contribution in [0.2, 0.25) is 0 Å². The average Bonchev–Trinajstić information content (AvgIpc) is 2.85. The Bertz CT molecular complexity index is 988. The van der Waals surface area contributed by atoms with Crippen molar-refractivity contribution in [3.63, 3.8) is 0 Å². The van der Waals surface area contributed by atoms with Gasteiger partial charge in [0.05, 0.1) is 7.11 Å². The molecular weight excluding hydrogens is 467 g/mol. The number of hydrogen-bond acceptors (Lipinski definition) is 4. The Morgan fingerprint density at radius 1 is 0.882 bits per heavy atom. The lowest BCUT2D eigenvalue weighted by Gasteiger charge is -2.54. The molecule has 2 atom stereocenters. The van der Waals surface area contributed by atoms with Crippen LogP contribution >= 0.6 is 24.8 Å². The lowest BCUT2D eigenvalue weighted by atomic mass is 9.70. The highest BCUT2D eigenvalue weighted by Crippen LogP contribution is 2.42. The van der Waals surface area contributed by atoms with E-state index in [1.807, 2.05) is 12.1 Å². The van der Waals surface area contributed by atoms with Crippen LogP contribution in [-0.4, -0.2) is 42.3 Å². The number of fused-ring (bicyclic) bond motifs is 3. The molecule has 2 bridgehead atoms. The van der Waals surface area contributed by atoms with Crippen molar-refractivity contribution in [1.82, 2.24) is 10.2 Å². The van der Waals surface area contributed by atoms with Gasteiger partial charge >= 0.3 is 0 Å². The van der Waals surface area contributed by atoms with E-state index in [0.717, 1.165) is 5.56 Å². The first-order chi connectivity index (χ1) is 15.8. The SMILES string of the molecule is COc1c(O)cccc1CNC1C2CCN(CC2)C1C(c1ccccc1)c1ccccc1.Cl.Cl. The third-order valence-electron chi connectivity index (χ3n) is 7.34. The monoisotopic (exact) mass is 500 g/mol. The summed E-state index contributed by atoms with van der Waals surface area (Å²) in [7, 11) is 1.62. The van der Waals surface area contributed by atoms with Crippen molar-refractivity contribution in [3.8, 4) is 11.5 Å². The number of phenols is 1. The minimum atomic E-state index is 0. The summed E-state index contributed by atoms with van der Waals surface area (Å²) < 4.78 is 5.49. The number of aromatic hydroxyl groups is 1. The van der Waals surface area contributed by atoms with Gasteiger partial charge in [-0.05, 0) is 49.0 Å². The van der Waals surface area contributed by atoms with Gasteiger partial charge < -0.3 is 15.2 Å². The number of nitrogens with one attached hydrogen (secondary N) is 1. The molecule has 3 fully saturated rings. The summed E-state index contributed by atoms with van der Waals surface area (Å²) in [4.78, 5) is 2.70. The molecule has 0 spiro atoms. The van der Waals surface area contributed by atoms with Crippen molar-refractivity contribution < 1.29 is 9.84 Å². The fraction of sp³-hybridized carbons (Fsp3) is 0.357. The smallest absolute Gasteiger partial charge is 0.164 e. The number of ether oxygens (including phenoxy) is 1. The Kier molecular flexibility index (Phi) is 9.26. The molecule has 34 heavy (non-hydrogen) atoms. The molecule has 3 aromatic carbocycles. The number of para-hydroxylation sites is 1. The molecule has 2 N–H and O–H groups in total. The van der Waals surface area contributed by atoms with E-state index in [-0.39, 0.29) is 30.6 Å². The second-order valence-corrected chi connectivity index (χ2v) is 9.04. The van der Waals surface area contributed by atoms with Gasteiger partial charge in [0.25, 0.3) is 0 Å². The van der Waals surface area contributed by atoms with Crippen LogP contribution < -0.4 is 10.1 Å². The molecule has 6 heteroatoms. The van der Waals surface area contributed by atoms with Gasteiger partial charge in [-0.15, -0.1) is 24.8 Å². The first kappa shape index (κ1) is 26.4. The molecule has 3 aromatic rings. The number of methoxy groups -OCH3 is 1. The molecule has 0 aromatic heterocycles. The molecule has 3 aliphatic rings. The maximum Gasteiger partial charge on any atom is 0.164 e. The van der Waals surface area contributed by atoms with Gasteiger partial charge in [0, 0.05) is 30.1 Å². The van der Waals surface area contributed by atoms with Crippen LogP contribution in [0.15, 0.2) is 78.9 Å². The molecule has 0 aliphatic carbocycles. The van der Waals surface area contributed by atoms with E-state index in [9.17, 15) is 5.11 Å². The van der Waals surface area contributed by atoms with Crippen LogP contribution in [0.25, 0.3) is 0 Å². The molecule has 2 unspecified atom stereocenters.